The standard InChI is InChI=1S/C60H106O6/c1-4-7-10-13-16-19-22-25-27-28-29-30-31-32-33-36-38-41-44-47-50-53-59(62)65-56-57(55-64-58(61)52-49-46-43-40-37-34-24-21-18-15-12-9-6-3)66-60(63)54-51-48-45-42-39-35-26-23-20-17-14-11-8-5-2/h9,12,18,21-22,25,28-29,34,37,57H,4-8,10-11,13-17,19-20,23-24,26-27,30-33,35-36,38-56H2,1-3H3/b12-9-,21-18-,25-22-,29-28-,37-34-. The van der Waals surface area contributed by atoms with Crippen molar-refractivity contribution in [2.75, 3.05) is 13.2 Å². The molecule has 0 radical (unpaired) electrons. The Kier molecular flexibility index (Phi) is 52.3. The predicted octanol–water partition coefficient (Wildman–Crippen LogP) is 18.8. The fourth-order valence-electron chi connectivity index (χ4n) is 8.02. The molecule has 0 saturated heterocycles. The zero-order valence-corrected chi connectivity index (χ0v) is 43.7. The molecule has 0 aliphatic carbocycles. The Morgan fingerprint density at radius 3 is 0.939 bits per heavy atom. The fourth-order valence-corrected chi connectivity index (χ4v) is 8.02. The van der Waals surface area contributed by atoms with Gasteiger partial charge in [-0.3, -0.25) is 14.4 Å². The third-order valence-corrected chi connectivity index (χ3v) is 12.3. The first-order chi connectivity index (χ1) is 32.5. The van der Waals surface area contributed by atoms with Crippen LogP contribution in [0.15, 0.2) is 60.8 Å². The molecule has 0 fully saturated rings. The summed E-state index contributed by atoms with van der Waals surface area (Å²) in [6.45, 7) is 6.51. The lowest BCUT2D eigenvalue weighted by molar-refractivity contribution is -0.167. The van der Waals surface area contributed by atoms with Gasteiger partial charge in [-0.15, -0.1) is 0 Å². The van der Waals surface area contributed by atoms with Crippen LogP contribution in [0.3, 0.4) is 0 Å². The van der Waals surface area contributed by atoms with Crippen LogP contribution in [-0.4, -0.2) is 37.2 Å². The van der Waals surface area contributed by atoms with E-state index < -0.39 is 6.10 Å². The molecule has 0 aliphatic heterocycles. The average Bonchev–Trinajstić information content (AvgIpc) is 3.31. The minimum atomic E-state index is -0.785. The lowest BCUT2D eigenvalue weighted by Crippen LogP contribution is -2.30. The van der Waals surface area contributed by atoms with Crippen LogP contribution in [0.4, 0.5) is 0 Å². The number of hydrogen-bond acceptors (Lipinski definition) is 6. The summed E-state index contributed by atoms with van der Waals surface area (Å²) >= 11 is 0. The van der Waals surface area contributed by atoms with E-state index in [-0.39, 0.29) is 31.1 Å². The Labute approximate surface area is 409 Å². The van der Waals surface area contributed by atoms with E-state index in [0.717, 1.165) is 89.9 Å². The van der Waals surface area contributed by atoms with E-state index >= 15 is 0 Å². The van der Waals surface area contributed by atoms with Crippen molar-refractivity contribution in [1.82, 2.24) is 0 Å². The monoisotopic (exact) mass is 923 g/mol. The average molecular weight is 924 g/mol. The molecule has 382 valence electrons. The Morgan fingerprint density at radius 1 is 0.318 bits per heavy atom. The van der Waals surface area contributed by atoms with Gasteiger partial charge in [0.15, 0.2) is 6.10 Å². The van der Waals surface area contributed by atoms with Crippen molar-refractivity contribution in [2.45, 2.75) is 290 Å². The lowest BCUT2D eigenvalue weighted by Gasteiger charge is -2.18. The first-order valence-electron chi connectivity index (χ1n) is 28.3. The van der Waals surface area contributed by atoms with E-state index in [1.165, 1.54) is 154 Å². The summed E-state index contributed by atoms with van der Waals surface area (Å²) in [7, 11) is 0. The molecular weight excluding hydrogens is 817 g/mol. The van der Waals surface area contributed by atoms with Gasteiger partial charge in [0.2, 0.25) is 0 Å². The molecule has 0 heterocycles. The Morgan fingerprint density at radius 2 is 0.591 bits per heavy atom. The molecule has 0 spiro atoms. The zero-order valence-electron chi connectivity index (χ0n) is 43.7. The van der Waals surface area contributed by atoms with Crippen LogP contribution in [0.1, 0.15) is 284 Å². The first kappa shape index (κ1) is 63.1. The van der Waals surface area contributed by atoms with Crippen molar-refractivity contribution in [2.24, 2.45) is 0 Å². The van der Waals surface area contributed by atoms with E-state index in [9.17, 15) is 14.4 Å². The van der Waals surface area contributed by atoms with Crippen molar-refractivity contribution < 1.29 is 28.6 Å². The van der Waals surface area contributed by atoms with Crippen molar-refractivity contribution in [3.05, 3.63) is 60.8 Å². The quantitative estimate of drug-likeness (QED) is 0.0262. The van der Waals surface area contributed by atoms with Crippen LogP contribution in [0.2, 0.25) is 0 Å². The molecule has 0 aliphatic rings. The first-order valence-corrected chi connectivity index (χ1v) is 28.3. The molecule has 0 bridgehead atoms. The zero-order chi connectivity index (χ0) is 47.9. The number of carbonyl (C=O) groups excluding carboxylic acids is 3. The Balaban J connectivity index is 4.34. The molecule has 0 aromatic carbocycles. The van der Waals surface area contributed by atoms with Gasteiger partial charge in [-0.2, -0.15) is 0 Å². The predicted molar refractivity (Wildman–Crippen MR) is 284 cm³/mol. The van der Waals surface area contributed by atoms with E-state index in [1.807, 2.05) is 0 Å². The summed E-state index contributed by atoms with van der Waals surface area (Å²) < 4.78 is 16.8. The SMILES string of the molecule is CC/C=C\C/C=C\C/C=C\CCCCCC(=O)OCC(COC(=O)CCCCCCCCCCC/C=C\C/C=C\CCCCCCC)OC(=O)CCCCCCCCCCCCCCCC. The number of rotatable bonds is 51. The van der Waals surface area contributed by atoms with Gasteiger partial charge >= 0.3 is 17.9 Å². The van der Waals surface area contributed by atoms with Gasteiger partial charge in [0.25, 0.3) is 0 Å². The van der Waals surface area contributed by atoms with Crippen LogP contribution < -0.4 is 0 Å². The minimum absolute atomic E-state index is 0.0837. The van der Waals surface area contributed by atoms with Gasteiger partial charge in [0.05, 0.1) is 0 Å². The van der Waals surface area contributed by atoms with Gasteiger partial charge in [0.1, 0.15) is 13.2 Å². The van der Waals surface area contributed by atoms with Gasteiger partial charge in [-0.25, -0.2) is 0 Å². The summed E-state index contributed by atoms with van der Waals surface area (Å²) in [5.41, 5.74) is 0. The summed E-state index contributed by atoms with van der Waals surface area (Å²) in [6.07, 6.45) is 67.8. The highest BCUT2D eigenvalue weighted by molar-refractivity contribution is 5.71. The summed E-state index contributed by atoms with van der Waals surface area (Å²) in [4.78, 5) is 38.1. The number of esters is 3. The number of hydrogen-bond donors (Lipinski definition) is 0. The summed E-state index contributed by atoms with van der Waals surface area (Å²) in [5, 5.41) is 0. The van der Waals surface area contributed by atoms with E-state index in [0.29, 0.717) is 19.3 Å². The molecule has 1 atom stereocenters. The van der Waals surface area contributed by atoms with Crippen LogP contribution in [0.25, 0.3) is 0 Å². The molecule has 66 heavy (non-hydrogen) atoms. The Bertz CT molecular complexity index is 1200. The maximum Gasteiger partial charge on any atom is 0.306 e. The van der Waals surface area contributed by atoms with E-state index in [4.69, 9.17) is 14.2 Å². The highest BCUT2D eigenvalue weighted by Crippen LogP contribution is 2.16. The molecule has 0 N–H and O–H groups in total. The normalized spacial score (nSPS) is 12.5. The molecule has 0 aromatic rings. The second-order valence-corrected chi connectivity index (χ2v) is 18.8. The van der Waals surface area contributed by atoms with Crippen molar-refractivity contribution >= 4 is 17.9 Å². The molecule has 0 aromatic heterocycles. The molecule has 6 nitrogen and oxygen atoms in total. The Hall–Kier alpha value is -2.89. The summed E-state index contributed by atoms with van der Waals surface area (Å²) in [6, 6.07) is 0. The largest absolute Gasteiger partial charge is 0.462 e. The fraction of sp³-hybridized carbons (Fsp3) is 0.783. The lowest BCUT2D eigenvalue weighted by atomic mass is 10.0. The molecule has 0 amide bonds. The van der Waals surface area contributed by atoms with Crippen LogP contribution in [0.5, 0.6) is 0 Å². The van der Waals surface area contributed by atoms with Crippen LogP contribution >= 0.6 is 0 Å². The number of carbonyl (C=O) groups is 3. The second kappa shape index (κ2) is 54.7. The van der Waals surface area contributed by atoms with Crippen LogP contribution in [-0.2, 0) is 28.6 Å². The highest BCUT2D eigenvalue weighted by Gasteiger charge is 2.19. The van der Waals surface area contributed by atoms with E-state index in [2.05, 4.69) is 81.5 Å². The van der Waals surface area contributed by atoms with Crippen molar-refractivity contribution in [3.8, 4) is 0 Å². The van der Waals surface area contributed by atoms with E-state index in [1.54, 1.807) is 0 Å². The maximum atomic E-state index is 12.8. The van der Waals surface area contributed by atoms with Crippen molar-refractivity contribution in [3.63, 3.8) is 0 Å². The molecule has 0 saturated carbocycles. The van der Waals surface area contributed by atoms with Gasteiger partial charge in [0, 0.05) is 19.3 Å². The molecule has 1 unspecified atom stereocenters. The van der Waals surface area contributed by atoms with Gasteiger partial charge < -0.3 is 14.2 Å². The number of allylic oxidation sites excluding steroid dienone is 10. The number of ether oxygens (including phenoxy) is 3. The second-order valence-electron chi connectivity index (χ2n) is 18.8. The molecule has 0 rings (SSSR count). The molecular formula is C60H106O6. The van der Waals surface area contributed by atoms with Gasteiger partial charge in [-0.1, -0.05) is 242 Å². The highest BCUT2D eigenvalue weighted by atomic mass is 16.6. The van der Waals surface area contributed by atoms with Crippen LogP contribution in [0, 0.1) is 0 Å². The molecule has 6 heteroatoms. The third-order valence-electron chi connectivity index (χ3n) is 12.3. The van der Waals surface area contributed by atoms with Gasteiger partial charge in [-0.05, 0) is 83.5 Å². The smallest absolute Gasteiger partial charge is 0.306 e. The maximum absolute atomic E-state index is 12.8. The minimum Gasteiger partial charge on any atom is -0.462 e. The van der Waals surface area contributed by atoms with Crippen molar-refractivity contribution in [1.29, 1.82) is 0 Å². The summed E-state index contributed by atoms with van der Waals surface area (Å²) in [5.74, 6) is -0.907. The third kappa shape index (κ3) is 52.1. The number of unbranched alkanes of at least 4 members (excludes halogenated alkanes) is 30. The topological polar surface area (TPSA) is 78.9 Å².